The number of hydrogen-bond acceptors (Lipinski definition) is 3. The van der Waals surface area contributed by atoms with E-state index in [9.17, 15) is 13.5 Å². The van der Waals surface area contributed by atoms with E-state index in [1.54, 1.807) is 4.57 Å². The molecule has 0 amide bonds. The van der Waals surface area contributed by atoms with Crippen molar-refractivity contribution in [2.75, 3.05) is 9.80 Å². The number of nitrogens with zero attached hydrogens (tertiary/aromatic N) is 5. The Morgan fingerprint density at radius 1 is 0.330 bits per heavy atom. The highest BCUT2D eigenvalue weighted by Gasteiger charge is 2.45. The topological polar surface area (TPSA) is 40.1 Å². The van der Waals surface area contributed by atoms with Crippen molar-refractivity contribution < 1.29 is 11.0 Å². The molecular formula is C91H74BN5. The summed E-state index contributed by atoms with van der Waals surface area (Å²) in [4.78, 5) is 4.70. The number of para-hydroxylation sites is 4. The van der Waals surface area contributed by atoms with Crippen molar-refractivity contribution in [3.63, 3.8) is 0 Å². The quantitative estimate of drug-likeness (QED) is 0.142. The molecule has 0 N–H and O–H groups in total. The molecule has 15 aromatic rings. The van der Waals surface area contributed by atoms with Crippen LogP contribution in [0.1, 0.15) is 95.5 Å². The zero-order valence-corrected chi connectivity index (χ0v) is 55.8. The van der Waals surface area contributed by atoms with Crippen LogP contribution in [0.5, 0.6) is 0 Å². The molecule has 17 rings (SSSR count). The molecule has 5 nitrogen and oxygen atoms in total. The van der Waals surface area contributed by atoms with Gasteiger partial charge >= 0.3 is 0 Å². The summed E-state index contributed by atoms with van der Waals surface area (Å²) in [7, 11) is 0. The van der Waals surface area contributed by atoms with Gasteiger partial charge in [-0.2, -0.15) is 5.26 Å². The summed E-state index contributed by atoms with van der Waals surface area (Å²) in [5.41, 5.74) is 22.3. The fraction of sp³-hybridized carbons (Fsp3) is 0.132. The zero-order valence-electron chi connectivity index (χ0n) is 63.8. The summed E-state index contributed by atoms with van der Waals surface area (Å²) in [6.45, 7) is 19.8. The van der Waals surface area contributed by atoms with Gasteiger partial charge in [0.15, 0.2) is 0 Å². The largest absolute Gasteiger partial charge is 0.311 e. The lowest BCUT2D eigenvalue weighted by Gasteiger charge is -2.45. The Kier molecular flexibility index (Phi) is 11.8. The predicted molar refractivity (Wildman–Crippen MR) is 412 cm³/mol. The van der Waals surface area contributed by atoms with Crippen LogP contribution >= 0.6 is 0 Å². The van der Waals surface area contributed by atoms with E-state index in [0.29, 0.717) is 16.9 Å². The number of hydrogen-bond donors (Lipinski definition) is 0. The van der Waals surface area contributed by atoms with Crippen molar-refractivity contribution in [1.82, 2.24) is 9.13 Å². The average Bonchev–Trinajstić information content (AvgIpc) is 1.57. The number of nitriles is 1. The summed E-state index contributed by atoms with van der Waals surface area (Å²) in [5, 5.41) is 14.1. The third-order valence-electron chi connectivity index (χ3n) is 20.0. The molecule has 0 saturated carbocycles. The molecule has 4 heterocycles. The van der Waals surface area contributed by atoms with Crippen LogP contribution in [0.4, 0.5) is 34.1 Å². The molecule has 0 fully saturated rings. The standard InChI is InChI=1S/C91H74BN5/c1-89(2,3)66-48-65(49-67(52-66)90(4,5)6)63-40-44-76-84(51-63)97(83-55-69(42-39-64(83)57-93)94-78-35-20-16-31-71(78)72-32-17-21-36-79(72)94)87-54-68(91(7,8)9)53-86-88(87)92(76)77-45-43-70(95-80-37-22-18-33-73(80)74-34-19-23-38-81(74)95)56-85(77)96(86)82-46-41-62(50-75(82)59-27-14-11-15-28-59)61-30-24-29-60(47-61)58-25-12-10-13-26-58/h10-56H,1-9H3/i18D,19D,22D,23D,33D,34D,37D,38D. The van der Waals surface area contributed by atoms with Gasteiger partial charge in [0.25, 0.3) is 6.71 Å². The van der Waals surface area contributed by atoms with E-state index < -0.39 is 48.4 Å². The Bertz CT molecular complexity index is 6080. The molecule has 2 aromatic heterocycles. The first-order valence-corrected chi connectivity index (χ1v) is 33.4. The fourth-order valence-electron chi connectivity index (χ4n) is 15.0. The van der Waals surface area contributed by atoms with E-state index >= 15 is 0 Å². The number of rotatable bonds is 8. The minimum atomic E-state index is -0.508. The summed E-state index contributed by atoms with van der Waals surface area (Å²) in [6.07, 6.45) is 0. The molecule has 0 bridgehead atoms. The van der Waals surface area contributed by atoms with Crippen LogP contribution < -0.4 is 26.2 Å². The minimum absolute atomic E-state index is 0.000567. The number of fused-ring (bicyclic) bond motifs is 10. The maximum atomic E-state index is 11.8. The van der Waals surface area contributed by atoms with Gasteiger partial charge < -0.3 is 18.9 Å². The Balaban J connectivity index is 1.02. The third-order valence-corrected chi connectivity index (χ3v) is 20.0. The van der Waals surface area contributed by atoms with Gasteiger partial charge in [-0.3, -0.25) is 0 Å². The van der Waals surface area contributed by atoms with E-state index in [1.807, 2.05) is 30.3 Å². The van der Waals surface area contributed by atoms with Crippen LogP contribution in [-0.2, 0) is 16.2 Å². The molecule has 0 saturated heterocycles. The van der Waals surface area contributed by atoms with Crippen LogP contribution in [0.2, 0.25) is 0 Å². The van der Waals surface area contributed by atoms with E-state index in [2.05, 4.69) is 289 Å². The molecule has 6 heteroatoms. The second-order valence-corrected chi connectivity index (χ2v) is 29.1. The lowest BCUT2D eigenvalue weighted by molar-refractivity contribution is 0.569. The van der Waals surface area contributed by atoms with Gasteiger partial charge in [-0.15, -0.1) is 0 Å². The first-order chi connectivity index (χ1) is 50.3. The van der Waals surface area contributed by atoms with Gasteiger partial charge in [0.1, 0.15) is 6.07 Å². The molecule has 0 unspecified atom stereocenters. The van der Waals surface area contributed by atoms with E-state index in [-0.39, 0.29) is 44.7 Å². The van der Waals surface area contributed by atoms with Crippen LogP contribution in [0.25, 0.3) is 99.5 Å². The van der Waals surface area contributed by atoms with Crippen molar-refractivity contribution in [3.05, 3.63) is 307 Å². The summed E-state index contributed by atoms with van der Waals surface area (Å²) >= 11 is 0. The van der Waals surface area contributed by atoms with Gasteiger partial charge in [-0.1, -0.05) is 256 Å². The normalized spacial score (nSPS) is 14.1. The highest BCUT2D eigenvalue weighted by atomic mass is 15.2. The fourth-order valence-corrected chi connectivity index (χ4v) is 15.0. The second kappa shape index (κ2) is 22.4. The van der Waals surface area contributed by atoms with Crippen molar-refractivity contribution >= 4 is 101 Å². The maximum Gasteiger partial charge on any atom is 0.252 e. The van der Waals surface area contributed by atoms with Crippen molar-refractivity contribution in [3.8, 4) is 62.0 Å². The molecule has 0 aliphatic carbocycles. The van der Waals surface area contributed by atoms with Crippen LogP contribution in [-0.4, -0.2) is 15.8 Å². The highest BCUT2D eigenvalue weighted by molar-refractivity contribution is 7.00. The molecule has 0 atom stereocenters. The van der Waals surface area contributed by atoms with Crippen LogP contribution in [0.15, 0.2) is 285 Å². The smallest absolute Gasteiger partial charge is 0.252 e. The third kappa shape index (κ3) is 9.81. The highest BCUT2D eigenvalue weighted by Crippen LogP contribution is 2.51. The van der Waals surface area contributed by atoms with E-state index in [0.717, 1.165) is 122 Å². The molecular weight excluding hydrogens is 1170 g/mol. The van der Waals surface area contributed by atoms with Gasteiger partial charge in [-0.25, -0.2) is 0 Å². The lowest BCUT2D eigenvalue weighted by Crippen LogP contribution is -2.61. The molecule has 2 aliphatic rings. The molecule has 466 valence electrons. The van der Waals surface area contributed by atoms with Crippen molar-refractivity contribution in [2.24, 2.45) is 0 Å². The first-order valence-electron chi connectivity index (χ1n) is 37.4. The summed E-state index contributed by atoms with van der Waals surface area (Å²) < 4.78 is 78.7. The first kappa shape index (κ1) is 51.0. The van der Waals surface area contributed by atoms with Gasteiger partial charge in [0.2, 0.25) is 0 Å². The van der Waals surface area contributed by atoms with Gasteiger partial charge in [0, 0.05) is 61.2 Å². The molecule has 2 aliphatic heterocycles. The minimum Gasteiger partial charge on any atom is -0.311 e. The van der Waals surface area contributed by atoms with E-state index in [4.69, 9.17) is 2.74 Å². The molecule has 0 radical (unpaired) electrons. The molecule has 13 aromatic carbocycles. The zero-order chi connectivity index (χ0) is 73.2. The molecule has 0 spiro atoms. The van der Waals surface area contributed by atoms with Gasteiger partial charge in [0.05, 0.1) is 50.0 Å². The number of benzene rings is 13. The Labute approximate surface area is 580 Å². The monoisotopic (exact) mass is 1260 g/mol. The summed E-state index contributed by atoms with van der Waals surface area (Å²) in [6, 6.07) is 83.0. The Morgan fingerprint density at radius 3 is 1.38 bits per heavy atom. The number of anilines is 6. The van der Waals surface area contributed by atoms with Crippen molar-refractivity contribution in [2.45, 2.75) is 78.6 Å². The summed E-state index contributed by atoms with van der Waals surface area (Å²) in [5.74, 6) is 0. The van der Waals surface area contributed by atoms with Gasteiger partial charge in [-0.05, 0) is 179 Å². The maximum absolute atomic E-state index is 11.8. The van der Waals surface area contributed by atoms with Crippen LogP contribution in [0.3, 0.4) is 0 Å². The second-order valence-electron chi connectivity index (χ2n) is 29.1. The number of aromatic nitrogens is 2. The SMILES string of the molecule is [2H]c1c([2H])c([2H])c2c(c1[2H])c1c([2H])c([2H])c([2H])c([2H])c1n2-c1ccc2c(c1)N(c1ccc(-c3cccc(-c4ccccc4)c3)cc1-c1ccccc1)c1cc(C(C)(C)C)cc3c1B2c1ccc(-c2cc(C(C)(C)C)cc(C(C)(C)C)c2)cc1N3c1cc(-n2c3ccccc3c3ccccc32)ccc1C#N. The Hall–Kier alpha value is -11.4. The Morgan fingerprint density at radius 2 is 0.784 bits per heavy atom. The average molecular weight is 1260 g/mol. The van der Waals surface area contributed by atoms with Crippen LogP contribution in [0, 0.1) is 11.3 Å². The van der Waals surface area contributed by atoms with E-state index in [1.165, 1.54) is 11.1 Å². The molecule has 97 heavy (non-hydrogen) atoms. The lowest BCUT2D eigenvalue weighted by atomic mass is 9.33. The predicted octanol–water partition coefficient (Wildman–Crippen LogP) is 22.4. The van der Waals surface area contributed by atoms with Crippen molar-refractivity contribution in [1.29, 1.82) is 5.26 Å².